The number of benzene rings is 3. The summed E-state index contributed by atoms with van der Waals surface area (Å²) in [4.78, 5) is 4.44. The fraction of sp³-hybridized carbons (Fsp3) is 0.382. The standard InChI is InChI=1S/C34H35NO/c1-22-19-31(35-21-23(22)2)30-8-6-7-28-29-12-10-26-20-25(9-11-27(26)32(29)36-33(28)30)24-13-17-34(18-14-24)15-4-3-5-16-34/h6-12,19-21,24H,3-5,13-18H2,1-2H3/i1D2,2D3,24D. The zero-order valence-electron chi connectivity index (χ0n) is 26.6. The zero-order chi connectivity index (χ0) is 29.3. The van der Waals surface area contributed by atoms with Gasteiger partial charge in [-0.3, -0.25) is 4.98 Å². The number of hydrogen-bond acceptors (Lipinski definition) is 2. The van der Waals surface area contributed by atoms with Crippen LogP contribution in [-0.4, -0.2) is 4.98 Å². The fourth-order valence-electron chi connectivity index (χ4n) is 6.80. The van der Waals surface area contributed by atoms with Crippen LogP contribution in [0.5, 0.6) is 0 Å². The first-order valence-corrected chi connectivity index (χ1v) is 13.3. The quantitative estimate of drug-likeness (QED) is 0.252. The Hall–Kier alpha value is -3.13. The Morgan fingerprint density at radius 3 is 2.53 bits per heavy atom. The monoisotopic (exact) mass is 479 g/mol. The van der Waals surface area contributed by atoms with Crippen molar-refractivity contribution in [2.75, 3.05) is 0 Å². The number of aryl methyl sites for hydroxylation is 2. The van der Waals surface area contributed by atoms with Crippen molar-refractivity contribution in [1.82, 2.24) is 4.98 Å². The van der Waals surface area contributed by atoms with Gasteiger partial charge in [-0.05, 0) is 104 Å². The van der Waals surface area contributed by atoms with Gasteiger partial charge in [0, 0.05) is 36.1 Å². The van der Waals surface area contributed by atoms with E-state index in [1.165, 1.54) is 44.4 Å². The molecule has 3 aromatic carbocycles. The molecular formula is C34H35NO. The van der Waals surface area contributed by atoms with E-state index in [0.717, 1.165) is 58.4 Å². The molecule has 0 unspecified atom stereocenters. The highest BCUT2D eigenvalue weighted by atomic mass is 16.3. The van der Waals surface area contributed by atoms with Gasteiger partial charge in [-0.15, -0.1) is 0 Å². The number of aromatic nitrogens is 1. The number of nitrogens with zero attached hydrogens (tertiary/aromatic N) is 1. The molecular weight excluding hydrogens is 438 g/mol. The Balaban J connectivity index is 1.28. The molecule has 36 heavy (non-hydrogen) atoms. The van der Waals surface area contributed by atoms with Gasteiger partial charge in [-0.2, -0.15) is 0 Å². The topological polar surface area (TPSA) is 26.0 Å². The largest absolute Gasteiger partial charge is 0.455 e. The predicted molar refractivity (Wildman–Crippen MR) is 151 cm³/mol. The second-order valence-corrected chi connectivity index (χ2v) is 11.0. The Labute approximate surface area is 222 Å². The molecule has 2 aliphatic carbocycles. The number of fused-ring (bicyclic) bond motifs is 5. The summed E-state index contributed by atoms with van der Waals surface area (Å²) in [5.74, 6) is -0.551. The van der Waals surface area contributed by atoms with E-state index in [1.807, 2.05) is 18.2 Å². The number of para-hydroxylation sites is 1. The van der Waals surface area contributed by atoms with Crippen LogP contribution in [0.15, 0.2) is 65.2 Å². The minimum absolute atomic E-state index is 0.0705. The summed E-state index contributed by atoms with van der Waals surface area (Å²) >= 11 is 0. The smallest absolute Gasteiger partial charge is 0.144 e. The van der Waals surface area contributed by atoms with Crippen LogP contribution < -0.4 is 0 Å². The maximum Gasteiger partial charge on any atom is 0.144 e. The molecule has 0 N–H and O–H groups in total. The third kappa shape index (κ3) is 3.57. The maximum atomic E-state index is 9.42. The van der Waals surface area contributed by atoms with E-state index in [-0.39, 0.29) is 11.1 Å². The number of pyridine rings is 1. The third-order valence-electron chi connectivity index (χ3n) is 8.93. The minimum Gasteiger partial charge on any atom is -0.455 e. The van der Waals surface area contributed by atoms with E-state index in [4.69, 9.17) is 11.3 Å². The van der Waals surface area contributed by atoms with Crippen molar-refractivity contribution in [1.29, 1.82) is 0 Å². The molecule has 0 radical (unpaired) electrons. The summed E-state index contributed by atoms with van der Waals surface area (Å²) in [6.45, 7) is -3.90. The van der Waals surface area contributed by atoms with Crippen LogP contribution in [0.2, 0.25) is 0 Å². The number of furan rings is 1. The Bertz CT molecular complexity index is 1800. The normalized spacial score (nSPS) is 22.2. The van der Waals surface area contributed by atoms with Crippen LogP contribution in [-0.2, 0) is 0 Å². The summed E-state index contributed by atoms with van der Waals surface area (Å²) in [6.07, 6.45) is 12.1. The molecule has 0 saturated heterocycles. The Morgan fingerprint density at radius 2 is 1.69 bits per heavy atom. The van der Waals surface area contributed by atoms with Gasteiger partial charge in [-0.1, -0.05) is 55.7 Å². The van der Waals surface area contributed by atoms with Crippen LogP contribution >= 0.6 is 0 Å². The highest BCUT2D eigenvalue weighted by Gasteiger charge is 2.36. The van der Waals surface area contributed by atoms with E-state index in [1.54, 1.807) is 0 Å². The average Bonchev–Trinajstić information content (AvgIpc) is 3.38. The first-order valence-electron chi connectivity index (χ1n) is 16.5. The molecule has 5 aromatic rings. The lowest BCUT2D eigenvalue weighted by atomic mass is 9.62. The maximum absolute atomic E-state index is 9.42. The highest BCUT2D eigenvalue weighted by Crippen LogP contribution is 2.51. The van der Waals surface area contributed by atoms with Crippen molar-refractivity contribution in [2.45, 2.75) is 77.4 Å². The van der Waals surface area contributed by atoms with Crippen molar-refractivity contribution in [3.8, 4) is 11.3 Å². The van der Waals surface area contributed by atoms with Crippen molar-refractivity contribution in [2.24, 2.45) is 5.41 Å². The first kappa shape index (κ1) is 16.6. The third-order valence-corrected chi connectivity index (χ3v) is 8.93. The summed E-state index contributed by atoms with van der Waals surface area (Å²) in [6, 6.07) is 17.9. The number of hydrogen-bond donors (Lipinski definition) is 0. The van der Waals surface area contributed by atoms with Crippen molar-refractivity contribution in [3.05, 3.63) is 77.5 Å². The summed E-state index contributed by atoms with van der Waals surface area (Å²) in [5, 5.41) is 3.94. The summed E-state index contributed by atoms with van der Waals surface area (Å²) in [5.41, 5.74) is 4.18. The lowest BCUT2D eigenvalue weighted by Gasteiger charge is -2.43. The second kappa shape index (κ2) is 8.47. The molecule has 2 heterocycles. The van der Waals surface area contributed by atoms with Gasteiger partial charge >= 0.3 is 0 Å². The molecule has 2 fully saturated rings. The van der Waals surface area contributed by atoms with Gasteiger partial charge in [0.1, 0.15) is 11.2 Å². The Kier molecular flexibility index (Phi) is 3.90. The molecule has 2 aromatic heterocycles. The predicted octanol–water partition coefficient (Wildman–Crippen LogP) is 10.0. The van der Waals surface area contributed by atoms with Gasteiger partial charge in [0.2, 0.25) is 0 Å². The summed E-state index contributed by atoms with van der Waals surface area (Å²) in [7, 11) is 0. The van der Waals surface area contributed by atoms with Crippen LogP contribution in [0.4, 0.5) is 0 Å². The molecule has 2 nitrogen and oxygen atoms in total. The summed E-state index contributed by atoms with van der Waals surface area (Å²) < 4.78 is 55.3. The molecule has 2 heteroatoms. The molecule has 2 aliphatic rings. The lowest BCUT2D eigenvalue weighted by Crippen LogP contribution is -2.29. The SMILES string of the molecule is [2H]C([2H])c1cc(-c2cccc3c2oc2c4ccc(C5([2H])CCC6(CCCCC6)CC5)cc4ccc32)ncc1C([2H])([2H])[2H]. The zero-order valence-corrected chi connectivity index (χ0v) is 20.6. The molecule has 2 saturated carbocycles. The van der Waals surface area contributed by atoms with E-state index in [0.29, 0.717) is 22.3 Å². The lowest BCUT2D eigenvalue weighted by molar-refractivity contribution is 0.114. The van der Waals surface area contributed by atoms with E-state index >= 15 is 0 Å². The van der Waals surface area contributed by atoms with Crippen LogP contribution in [0.1, 0.15) is 88.6 Å². The van der Waals surface area contributed by atoms with Crippen LogP contribution in [0.25, 0.3) is 44.0 Å². The van der Waals surface area contributed by atoms with E-state index in [9.17, 15) is 1.37 Å². The molecule has 7 rings (SSSR count). The second-order valence-electron chi connectivity index (χ2n) is 11.0. The van der Waals surface area contributed by atoms with E-state index < -0.39 is 19.6 Å². The highest BCUT2D eigenvalue weighted by molar-refractivity contribution is 6.17. The molecule has 0 amide bonds. The molecule has 1 spiro atoms. The van der Waals surface area contributed by atoms with Crippen LogP contribution in [0, 0.1) is 19.1 Å². The fourth-order valence-corrected chi connectivity index (χ4v) is 6.80. The van der Waals surface area contributed by atoms with Crippen LogP contribution in [0.3, 0.4) is 0 Å². The molecule has 0 atom stereocenters. The molecule has 0 aliphatic heterocycles. The average molecular weight is 480 g/mol. The first-order chi connectivity index (χ1) is 20.1. The van der Waals surface area contributed by atoms with Gasteiger partial charge in [0.05, 0.1) is 5.69 Å². The Morgan fingerprint density at radius 1 is 0.861 bits per heavy atom. The van der Waals surface area contributed by atoms with E-state index in [2.05, 4.69) is 35.3 Å². The van der Waals surface area contributed by atoms with Gasteiger partial charge < -0.3 is 4.42 Å². The van der Waals surface area contributed by atoms with Crippen molar-refractivity contribution in [3.63, 3.8) is 0 Å². The number of rotatable bonds is 2. The molecule has 0 bridgehead atoms. The van der Waals surface area contributed by atoms with Gasteiger partial charge in [0.25, 0.3) is 0 Å². The van der Waals surface area contributed by atoms with Crippen molar-refractivity contribution >= 4 is 32.7 Å². The van der Waals surface area contributed by atoms with Gasteiger partial charge in [-0.25, -0.2) is 0 Å². The molecule has 182 valence electrons. The van der Waals surface area contributed by atoms with Gasteiger partial charge in [0.15, 0.2) is 0 Å². The minimum atomic E-state index is -2.45. The van der Waals surface area contributed by atoms with Crippen molar-refractivity contribution < 1.29 is 12.6 Å².